The van der Waals surface area contributed by atoms with E-state index in [9.17, 15) is 15.2 Å². The van der Waals surface area contributed by atoms with Crippen molar-refractivity contribution in [3.63, 3.8) is 0 Å². The number of unbranched alkanes of at least 4 members (excludes halogenated alkanes) is 2. The Morgan fingerprint density at radius 2 is 1.92 bits per heavy atom. The zero-order valence-electron chi connectivity index (χ0n) is 14.8. The fourth-order valence-corrected chi connectivity index (χ4v) is 2.26. The first-order valence-electron chi connectivity index (χ1n) is 8.48. The number of phenolic OH excluding ortho intramolecular Hbond substituents is 1. The van der Waals surface area contributed by atoms with Crippen LogP contribution in [0.3, 0.4) is 0 Å². The highest BCUT2D eigenvalue weighted by Crippen LogP contribution is 2.20. The molecule has 130 valence electrons. The van der Waals surface area contributed by atoms with Crippen LogP contribution in [0, 0.1) is 18.3 Å². The van der Waals surface area contributed by atoms with Crippen LogP contribution in [0.2, 0.25) is 0 Å². The van der Waals surface area contributed by atoms with E-state index in [0.717, 1.165) is 44.3 Å². The van der Waals surface area contributed by atoms with E-state index in [0.29, 0.717) is 5.69 Å². The molecule has 0 aromatic heterocycles. The van der Waals surface area contributed by atoms with E-state index in [2.05, 4.69) is 24.1 Å². The van der Waals surface area contributed by atoms with Crippen molar-refractivity contribution in [1.82, 2.24) is 4.90 Å². The number of aromatic hydroxyl groups is 1. The quantitative estimate of drug-likeness (QED) is 0.408. The SMILES string of the molecule is CCCCN(/C=C(/C#N)C(=O)Nc1ccc(O)cc1C)CCCC. The third kappa shape index (κ3) is 6.33. The Kier molecular flexibility index (Phi) is 8.42. The normalized spacial score (nSPS) is 11.0. The van der Waals surface area contributed by atoms with Gasteiger partial charge in [-0.15, -0.1) is 0 Å². The first-order chi connectivity index (χ1) is 11.5. The summed E-state index contributed by atoms with van der Waals surface area (Å²) in [6.07, 6.45) is 5.85. The second-order valence-electron chi connectivity index (χ2n) is 5.85. The number of benzene rings is 1. The van der Waals surface area contributed by atoms with Crippen molar-refractivity contribution in [3.05, 3.63) is 35.5 Å². The molecule has 0 aliphatic heterocycles. The molecule has 0 saturated carbocycles. The maximum absolute atomic E-state index is 12.4. The van der Waals surface area contributed by atoms with E-state index in [-0.39, 0.29) is 11.3 Å². The third-order valence-corrected chi connectivity index (χ3v) is 3.73. The van der Waals surface area contributed by atoms with E-state index in [1.165, 1.54) is 6.07 Å². The second-order valence-corrected chi connectivity index (χ2v) is 5.85. The van der Waals surface area contributed by atoms with Crippen molar-refractivity contribution in [2.75, 3.05) is 18.4 Å². The molecule has 2 N–H and O–H groups in total. The van der Waals surface area contributed by atoms with E-state index in [1.807, 2.05) is 6.07 Å². The van der Waals surface area contributed by atoms with Gasteiger partial charge in [0.2, 0.25) is 0 Å². The number of phenols is 1. The molecule has 0 bridgehead atoms. The van der Waals surface area contributed by atoms with Crippen molar-refractivity contribution >= 4 is 11.6 Å². The summed E-state index contributed by atoms with van der Waals surface area (Å²) in [5, 5.41) is 21.5. The van der Waals surface area contributed by atoms with Crippen molar-refractivity contribution in [2.24, 2.45) is 0 Å². The zero-order chi connectivity index (χ0) is 17.9. The summed E-state index contributed by atoms with van der Waals surface area (Å²) in [6.45, 7) is 7.71. The van der Waals surface area contributed by atoms with Crippen molar-refractivity contribution in [2.45, 2.75) is 46.5 Å². The topological polar surface area (TPSA) is 76.4 Å². The van der Waals surface area contributed by atoms with Gasteiger partial charge >= 0.3 is 0 Å². The predicted octanol–water partition coefficient (Wildman–Crippen LogP) is 3.95. The minimum absolute atomic E-state index is 0.0923. The highest BCUT2D eigenvalue weighted by molar-refractivity contribution is 6.06. The lowest BCUT2D eigenvalue weighted by Crippen LogP contribution is -2.23. The van der Waals surface area contributed by atoms with Gasteiger partial charge in [-0.1, -0.05) is 26.7 Å². The maximum Gasteiger partial charge on any atom is 0.267 e. The summed E-state index contributed by atoms with van der Waals surface area (Å²) < 4.78 is 0. The first-order valence-corrected chi connectivity index (χ1v) is 8.48. The molecule has 0 radical (unpaired) electrons. The Morgan fingerprint density at radius 3 is 2.42 bits per heavy atom. The highest BCUT2D eigenvalue weighted by atomic mass is 16.3. The fourth-order valence-electron chi connectivity index (χ4n) is 2.26. The summed E-state index contributed by atoms with van der Waals surface area (Å²) in [6, 6.07) is 6.70. The molecular weight excluding hydrogens is 302 g/mol. The Labute approximate surface area is 144 Å². The first kappa shape index (κ1) is 19.6. The molecule has 0 atom stereocenters. The Bertz CT molecular complexity index is 610. The van der Waals surface area contributed by atoms with E-state index < -0.39 is 5.91 Å². The second kappa shape index (κ2) is 10.3. The molecule has 1 rings (SSSR count). The molecule has 0 saturated heterocycles. The van der Waals surface area contributed by atoms with Gasteiger partial charge < -0.3 is 15.3 Å². The number of hydrogen-bond donors (Lipinski definition) is 2. The van der Waals surface area contributed by atoms with Crippen LogP contribution in [-0.4, -0.2) is 29.0 Å². The Morgan fingerprint density at radius 1 is 1.29 bits per heavy atom. The van der Waals surface area contributed by atoms with Crippen LogP contribution in [0.25, 0.3) is 0 Å². The Hall–Kier alpha value is -2.48. The van der Waals surface area contributed by atoms with Gasteiger partial charge in [0.15, 0.2) is 0 Å². The fraction of sp³-hybridized carbons (Fsp3) is 0.474. The summed E-state index contributed by atoms with van der Waals surface area (Å²) in [5.74, 6) is -0.281. The summed E-state index contributed by atoms with van der Waals surface area (Å²) in [5.41, 5.74) is 1.43. The zero-order valence-corrected chi connectivity index (χ0v) is 14.8. The van der Waals surface area contributed by atoms with Gasteiger partial charge in [0, 0.05) is 25.0 Å². The molecule has 0 unspecified atom stereocenters. The van der Waals surface area contributed by atoms with Gasteiger partial charge in [0.05, 0.1) is 0 Å². The number of aryl methyl sites for hydroxylation is 1. The standard InChI is InChI=1S/C19H27N3O2/c1-4-6-10-22(11-7-5-2)14-16(13-20)19(24)21-18-9-8-17(23)12-15(18)3/h8-9,12,14,23H,4-7,10-11H2,1-3H3,(H,21,24)/b16-14-. The largest absolute Gasteiger partial charge is 0.508 e. The lowest BCUT2D eigenvalue weighted by atomic mass is 10.1. The minimum Gasteiger partial charge on any atom is -0.508 e. The molecular formula is C19H27N3O2. The number of carbonyl (C=O) groups is 1. The van der Waals surface area contributed by atoms with Crippen molar-refractivity contribution in [3.8, 4) is 11.8 Å². The lowest BCUT2D eigenvalue weighted by molar-refractivity contribution is -0.112. The molecule has 5 nitrogen and oxygen atoms in total. The van der Waals surface area contributed by atoms with Gasteiger partial charge in [0.25, 0.3) is 5.91 Å². The average Bonchev–Trinajstić information content (AvgIpc) is 2.56. The van der Waals surface area contributed by atoms with Crippen LogP contribution in [-0.2, 0) is 4.79 Å². The number of carbonyl (C=O) groups excluding carboxylic acids is 1. The van der Waals surface area contributed by atoms with Crippen molar-refractivity contribution in [1.29, 1.82) is 5.26 Å². The van der Waals surface area contributed by atoms with Gasteiger partial charge in [-0.05, 0) is 43.5 Å². The van der Waals surface area contributed by atoms with Crippen molar-refractivity contribution < 1.29 is 9.90 Å². The Balaban J connectivity index is 2.87. The van der Waals surface area contributed by atoms with Crippen LogP contribution >= 0.6 is 0 Å². The molecule has 1 aromatic carbocycles. The average molecular weight is 329 g/mol. The van der Waals surface area contributed by atoms with Crippen LogP contribution in [0.4, 0.5) is 5.69 Å². The van der Waals surface area contributed by atoms with Crippen LogP contribution in [0.5, 0.6) is 5.75 Å². The van der Waals surface area contributed by atoms with E-state index >= 15 is 0 Å². The third-order valence-electron chi connectivity index (χ3n) is 3.73. The summed E-state index contributed by atoms with van der Waals surface area (Å²) >= 11 is 0. The van der Waals surface area contributed by atoms with Gasteiger partial charge in [-0.2, -0.15) is 5.26 Å². The molecule has 1 amide bonds. The summed E-state index contributed by atoms with van der Waals surface area (Å²) in [4.78, 5) is 14.4. The number of nitriles is 1. The highest BCUT2D eigenvalue weighted by Gasteiger charge is 2.13. The van der Waals surface area contributed by atoms with Crippen LogP contribution in [0.1, 0.15) is 45.1 Å². The number of rotatable bonds is 9. The molecule has 0 spiro atoms. The smallest absolute Gasteiger partial charge is 0.267 e. The number of nitrogens with one attached hydrogen (secondary N) is 1. The molecule has 1 aromatic rings. The molecule has 0 fully saturated rings. The molecule has 0 heterocycles. The molecule has 24 heavy (non-hydrogen) atoms. The molecule has 0 aliphatic carbocycles. The minimum atomic E-state index is -0.427. The van der Waals surface area contributed by atoms with Gasteiger partial charge in [-0.3, -0.25) is 4.79 Å². The van der Waals surface area contributed by atoms with Crippen LogP contribution < -0.4 is 5.32 Å². The van der Waals surface area contributed by atoms with Gasteiger partial charge in [-0.25, -0.2) is 0 Å². The van der Waals surface area contributed by atoms with Gasteiger partial charge in [0.1, 0.15) is 17.4 Å². The number of hydrogen-bond acceptors (Lipinski definition) is 4. The van der Waals surface area contributed by atoms with E-state index in [4.69, 9.17) is 0 Å². The van der Waals surface area contributed by atoms with Crippen LogP contribution in [0.15, 0.2) is 30.0 Å². The monoisotopic (exact) mass is 329 g/mol. The number of nitrogens with zero attached hydrogens (tertiary/aromatic N) is 2. The predicted molar refractivity (Wildman–Crippen MR) is 96.6 cm³/mol. The number of anilines is 1. The molecule has 0 aliphatic rings. The molecule has 5 heteroatoms. The number of amides is 1. The maximum atomic E-state index is 12.4. The lowest BCUT2D eigenvalue weighted by Gasteiger charge is -2.20. The summed E-state index contributed by atoms with van der Waals surface area (Å²) in [7, 11) is 0. The van der Waals surface area contributed by atoms with E-state index in [1.54, 1.807) is 25.3 Å².